The Labute approximate surface area is 136 Å². The van der Waals surface area contributed by atoms with Crippen LogP contribution in [0.5, 0.6) is 0 Å². The molecular weight excluding hydrogens is 334 g/mol. The van der Waals surface area contributed by atoms with Gasteiger partial charge in [0.05, 0.1) is 22.0 Å². The molecular formula is C16H17NO4S2. The van der Waals surface area contributed by atoms with Gasteiger partial charge in [-0.3, -0.25) is 4.31 Å². The summed E-state index contributed by atoms with van der Waals surface area (Å²) in [5.74, 6) is 0. The van der Waals surface area contributed by atoms with Gasteiger partial charge in [0.1, 0.15) is 0 Å². The lowest BCUT2D eigenvalue weighted by atomic mass is 10.3. The summed E-state index contributed by atoms with van der Waals surface area (Å²) in [6.07, 6.45) is 2.57. The number of sulfonamides is 1. The van der Waals surface area contributed by atoms with Gasteiger partial charge in [-0.2, -0.15) is 0 Å². The smallest absolute Gasteiger partial charge is 0.263 e. The van der Waals surface area contributed by atoms with E-state index in [0.717, 1.165) is 6.26 Å². The second kappa shape index (κ2) is 6.55. The number of hydrogen-bond acceptors (Lipinski definition) is 4. The molecule has 2 rings (SSSR count). The third-order valence-electron chi connectivity index (χ3n) is 3.18. The summed E-state index contributed by atoms with van der Waals surface area (Å²) >= 11 is 0. The normalized spacial score (nSPS) is 11.9. The molecule has 0 radical (unpaired) electrons. The predicted molar refractivity (Wildman–Crippen MR) is 90.7 cm³/mol. The number of anilines is 1. The van der Waals surface area contributed by atoms with Gasteiger partial charge in [0.15, 0.2) is 9.84 Å². The van der Waals surface area contributed by atoms with E-state index in [9.17, 15) is 16.8 Å². The summed E-state index contributed by atoms with van der Waals surface area (Å²) in [7, 11) is -7.18. The molecule has 0 aliphatic rings. The molecule has 0 atom stereocenters. The molecule has 122 valence electrons. The number of para-hydroxylation sites is 1. The van der Waals surface area contributed by atoms with Gasteiger partial charge in [0, 0.05) is 6.26 Å². The van der Waals surface area contributed by atoms with Crippen LogP contribution in [0.25, 0.3) is 0 Å². The highest BCUT2D eigenvalue weighted by Gasteiger charge is 2.24. The Morgan fingerprint density at radius 2 is 1.43 bits per heavy atom. The highest BCUT2D eigenvalue weighted by molar-refractivity contribution is 7.93. The van der Waals surface area contributed by atoms with Gasteiger partial charge >= 0.3 is 0 Å². The van der Waals surface area contributed by atoms with Crippen LogP contribution in [0.4, 0.5) is 5.69 Å². The highest BCUT2D eigenvalue weighted by atomic mass is 32.2. The summed E-state index contributed by atoms with van der Waals surface area (Å²) in [6, 6.07) is 13.8. The van der Waals surface area contributed by atoms with E-state index in [2.05, 4.69) is 6.58 Å². The van der Waals surface area contributed by atoms with Crippen molar-refractivity contribution in [3.8, 4) is 0 Å². The molecule has 0 aliphatic carbocycles. The first-order valence-electron chi connectivity index (χ1n) is 6.75. The number of rotatable bonds is 6. The Kier molecular flexibility index (Phi) is 4.91. The van der Waals surface area contributed by atoms with E-state index in [4.69, 9.17) is 0 Å². The minimum atomic E-state index is -3.81. The zero-order valence-corrected chi connectivity index (χ0v) is 14.2. The summed E-state index contributed by atoms with van der Waals surface area (Å²) in [4.78, 5) is 0.0991. The van der Waals surface area contributed by atoms with Gasteiger partial charge in [-0.15, -0.1) is 6.58 Å². The van der Waals surface area contributed by atoms with Crippen molar-refractivity contribution in [2.24, 2.45) is 0 Å². The van der Waals surface area contributed by atoms with E-state index >= 15 is 0 Å². The Bertz CT molecular complexity index is 887. The summed E-state index contributed by atoms with van der Waals surface area (Å²) in [5.41, 5.74) is 0.514. The van der Waals surface area contributed by atoms with E-state index < -0.39 is 19.9 Å². The number of sulfone groups is 1. The Hall–Kier alpha value is -2.12. The third kappa shape index (κ3) is 3.80. The highest BCUT2D eigenvalue weighted by Crippen LogP contribution is 2.24. The van der Waals surface area contributed by atoms with Gasteiger partial charge < -0.3 is 0 Å². The van der Waals surface area contributed by atoms with Crippen molar-refractivity contribution in [2.75, 3.05) is 17.1 Å². The minimum absolute atomic E-state index is 0.0237. The van der Waals surface area contributed by atoms with Crippen LogP contribution in [-0.4, -0.2) is 29.6 Å². The maximum absolute atomic E-state index is 12.8. The first-order chi connectivity index (χ1) is 10.8. The number of hydrogen-bond donors (Lipinski definition) is 0. The Morgan fingerprint density at radius 1 is 0.913 bits per heavy atom. The molecule has 2 aromatic rings. The van der Waals surface area contributed by atoms with Crippen molar-refractivity contribution in [3.05, 3.63) is 67.3 Å². The van der Waals surface area contributed by atoms with Crippen molar-refractivity contribution in [3.63, 3.8) is 0 Å². The van der Waals surface area contributed by atoms with Crippen LogP contribution in [0.3, 0.4) is 0 Å². The van der Waals surface area contributed by atoms with Crippen LogP contribution < -0.4 is 4.31 Å². The molecule has 7 heteroatoms. The first kappa shape index (κ1) is 17.2. The quantitative estimate of drug-likeness (QED) is 0.750. The first-order valence-corrected chi connectivity index (χ1v) is 10.1. The molecule has 0 heterocycles. The number of nitrogens with zero attached hydrogens (tertiary/aromatic N) is 1. The fraction of sp³-hybridized carbons (Fsp3) is 0.125. The minimum Gasteiger partial charge on any atom is -0.263 e. The molecule has 0 aliphatic heterocycles. The Balaban J connectivity index is 2.48. The van der Waals surface area contributed by atoms with Crippen molar-refractivity contribution in [2.45, 2.75) is 9.79 Å². The lowest BCUT2D eigenvalue weighted by Crippen LogP contribution is -2.31. The van der Waals surface area contributed by atoms with Crippen LogP contribution >= 0.6 is 0 Å². The van der Waals surface area contributed by atoms with Crippen molar-refractivity contribution < 1.29 is 16.8 Å². The van der Waals surface area contributed by atoms with Gasteiger partial charge in [-0.1, -0.05) is 24.3 Å². The monoisotopic (exact) mass is 351 g/mol. The maximum Gasteiger partial charge on any atom is 0.264 e. The van der Waals surface area contributed by atoms with Gasteiger partial charge in [-0.25, -0.2) is 16.8 Å². The molecule has 0 saturated carbocycles. The second-order valence-electron chi connectivity index (χ2n) is 4.90. The van der Waals surface area contributed by atoms with Crippen molar-refractivity contribution >= 4 is 25.5 Å². The molecule has 0 saturated heterocycles. The van der Waals surface area contributed by atoms with E-state index in [1.165, 1.54) is 34.6 Å². The van der Waals surface area contributed by atoms with Crippen LogP contribution in [0, 0.1) is 0 Å². The second-order valence-corrected chi connectivity index (χ2v) is 8.78. The zero-order valence-electron chi connectivity index (χ0n) is 12.6. The molecule has 0 spiro atoms. The standard InChI is InChI=1S/C16H17NO4S2/c1-3-13-17(14-7-5-4-6-8-14)23(20,21)16-11-9-15(10-12-16)22(2,18)19/h3-12H,1,13H2,2H3. The summed E-state index contributed by atoms with van der Waals surface area (Å²) in [6.45, 7) is 3.71. The maximum atomic E-state index is 12.8. The van der Waals surface area contributed by atoms with Crippen molar-refractivity contribution in [1.29, 1.82) is 0 Å². The molecule has 23 heavy (non-hydrogen) atoms. The van der Waals surface area contributed by atoms with Crippen molar-refractivity contribution in [1.82, 2.24) is 0 Å². The van der Waals surface area contributed by atoms with Crippen LogP contribution in [0.2, 0.25) is 0 Å². The topological polar surface area (TPSA) is 71.5 Å². The fourth-order valence-electron chi connectivity index (χ4n) is 2.04. The molecule has 0 unspecified atom stereocenters. The third-order valence-corrected chi connectivity index (χ3v) is 6.12. The van der Waals surface area contributed by atoms with Gasteiger partial charge in [0.25, 0.3) is 10.0 Å². The van der Waals surface area contributed by atoms with E-state index in [-0.39, 0.29) is 16.3 Å². The van der Waals surface area contributed by atoms with Gasteiger partial charge in [0.2, 0.25) is 0 Å². The predicted octanol–water partition coefficient (Wildman–Crippen LogP) is 2.47. The van der Waals surface area contributed by atoms with Crippen LogP contribution in [-0.2, 0) is 19.9 Å². The molecule has 0 amide bonds. The lowest BCUT2D eigenvalue weighted by molar-refractivity contribution is 0.591. The van der Waals surface area contributed by atoms with Gasteiger partial charge in [-0.05, 0) is 36.4 Å². The fourth-order valence-corrected chi connectivity index (χ4v) is 4.11. The SMILES string of the molecule is C=CCN(c1ccccc1)S(=O)(=O)c1ccc(S(C)(=O)=O)cc1. The summed E-state index contributed by atoms with van der Waals surface area (Å²) in [5, 5.41) is 0. The van der Waals surface area contributed by atoms with E-state index in [0.29, 0.717) is 5.69 Å². The molecule has 0 fully saturated rings. The number of benzene rings is 2. The molecule has 0 aromatic heterocycles. The lowest BCUT2D eigenvalue weighted by Gasteiger charge is -2.23. The largest absolute Gasteiger partial charge is 0.264 e. The molecule has 5 nitrogen and oxygen atoms in total. The molecule has 0 N–H and O–H groups in total. The molecule has 0 bridgehead atoms. The molecule has 2 aromatic carbocycles. The van der Waals surface area contributed by atoms with Crippen LogP contribution in [0.1, 0.15) is 0 Å². The summed E-state index contributed by atoms with van der Waals surface area (Å²) < 4.78 is 49.8. The average Bonchev–Trinajstić information content (AvgIpc) is 2.52. The average molecular weight is 351 g/mol. The zero-order chi connectivity index (χ0) is 17.1. The van der Waals surface area contributed by atoms with Crippen LogP contribution in [0.15, 0.2) is 77.0 Å². The van der Waals surface area contributed by atoms with E-state index in [1.807, 2.05) is 0 Å². The van der Waals surface area contributed by atoms with E-state index in [1.54, 1.807) is 30.3 Å². The Morgan fingerprint density at radius 3 is 1.91 bits per heavy atom.